The highest BCUT2D eigenvalue weighted by atomic mass is 32.2. The Bertz CT molecular complexity index is 358. The van der Waals surface area contributed by atoms with Crippen LogP contribution in [0.2, 0.25) is 0 Å². The predicted octanol–water partition coefficient (Wildman–Crippen LogP) is 1.81. The van der Waals surface area contributed by atoms with Crippen molar-refractivity contribution in [2.24, 2.45) is 5.92 Å². The Morgan fingerprint density at radius 3 is 2.44 bits per heavy atom. The molecule has 2 rings (SSSR count). The van der Waals surface area contributed by atoms with Gasteiger partial charge in [0, 0.05) is 0 Å². The zero-order chi connectivity index (χ0) is 11.4. The molecule has 1 aliphatic rings. The Hall–Kier alpha value is -0.710. The third-order valence-electron chi connectivity index (χ3n) is 3.11. The summed E-state index contributed by atoms with van der Waals surface area (Å²) >= 11 is -1.85. The van der Waals surface area contributed by atoms with E-state index < -0.39 is 11.1 Å². The summed E-state index contributed by atoms with van der Waals surface area (Å²) in [4.78, 5) is 0.481. The van der Waals surface area contributed by atoms with Gasteiger partial charge in [-0.05, 0) is 56.0 Å². The minimum Gasteiger partial charge on any atom is -0.317 e. The smallest absolute Gasteiger partial charge is 0.186 e. The van der Waals surface area contributed by atoms with E-state index in [1.54, 1.807) is 12.1 Å². The molecule has 1 aromatic rings. The lowest BCUT2D eigenvalue weighted by molar-refractivity contribution is 0.372. The van der Waals surface area contributed by atoms with E-state index >= 15 is 0 Å². The Kier molecular flexibility index (Phi) is 4.09. The Morgan fingerprint density at radius 1 is 1.25 bits per heavy atom. The first-order chi connectivity index (χ1) is 7.75. The van der Waals surface area contributed by atoms with Crippen LogP contribution in [-0.4, -0.2) is 21.9 Å². The molecular weight excluding hydrogens is 222 g/mol. The van der Waals surface area contributed by atoms with E-state index in [2.05, 4.69) is 5.32 Å². The molecule has 1 aromatic carbocycles. The first-order valence-corrected chi connectivity index (χ1v) is 6.77. The summed E-state index contributed by atoms with van der Waals surface area (Å²) in [6.45, 7) is 2.23. The van der Waals surface area contributed by atoms with Crippen molar-refractivity contribution >= 4 is 11.1 Å². The Labute approximate surface area is 98.5 Å². The summed E-state index contributed by atoms with van der Waals surface area (Å²) in [5.74, 6) is 0.756. The van der Waals surface area contributed by atoms with Gasteiger partial charge in [-0.2, -0.15) is 0 Å². The Balaban J connectivity index is 1.96. The number of rotatable bonds is 3. The van der Waals surface area contributed by atoms with Gasteiger partial charge >= 0.3 is 0 Å². The van der Waals surface area contributed by atoms with Gasteiger partial charge in [0.2, 0.25) is 0 Å². The van der Waals surface area contributed by atoms with Crippen molar-refractivity contribution < 1.29 is 8.76 Å². The highest BCUT2D eigenvalue weighted by Gasteiger charge is 2.13. The average Bonchev–Trinajstić information content (AvgIpc) is 2.31. The zero-order valence-electron chi connectivity index (χ0n) is 9.19. The molecule has 4 heteroatoms. The van der Waals surface area contributed by atoms with Crippen LogP contribution >= 0.6 is 0 Å². The van der Waals surface area contributed by atoms with Gasteiger partial charge in [0.25, 0.3) is 0 Å². The first-order valence-electron chi connectivity index (χ1n) is 5.66. The summed E-state index contributed by atoms with van der Waals surface area (Å²) in [5.41, 5.74) is 1.26. The third kappa shape index (κ3) is 3.14. The first kappa shape index (κ1) is 11.8. The quantitative estimate of drug-likeness (QED) is 0.791. The SMILES string of the molecule is O=S(O)c1ccc(CC2CCNCC2)cc1. The molecule has 0 bridgehead atoms. The van der Waals surface area contributed by atoms with Crippen LogP contribution in [0.5, 0.6) is 0 Å². The lowest BCUT2D eigenvalue weighted by Crippen LogP contribution is -2.28. The zero-order valence-corrected chi connectivity index (χ0v) is 10.0. The van der Waals surface area contributed by atoms with Crippen LogP contribution in [0.15, 0.2) is 29.2 Å². The van der Waals surface area contributed by atoms with E-state index in [1.807, 2.05) is 12.1 Å². The highest BCUT2D eigenvalue weighted by molar-refractivity contribution is 7.79. The fraction of sp³-hybridized carbons (Fsp3) is 0.500. The normalized spacial score (nSPS) is 19.6. The van der Waals surface area contributed by atoms with Crippen molar-refractivity contribution in [3.05, 3.63) is 29.8 Å². The number of hydrogen-bond donors (Lipinski definition) is 2. The maximum atomic E-state index is 10.8. The molecule has 16 heavy (non-hydrogen) atoms. The summed E-state index contributed by atoms with van der Waals surface area (Å²) in [6, 6.07) is 7.41. The van der Waals surface area contributed by atoms with Gasteiger partial charge in [-0.1, -0.05) is 12.1 Å². The summed E-state index contributed by atoms with van der Waals surface area (Å²) in [6.07, 6.45) is 3.54. The summed E-state index contributed by atoms with van der Waals surface area (Å²) in [7, 11) is 0. The highest BCUT2D eigenvalue weighted by Crippen LogP contribution is 2.18. The summed E-state index contributed by atoms with van der Waals surface area (Å²) in [5, 5.41) is 3.35. The van der Waals surface area contributed by atoms with Crippen molar-refractivity contribution in [1.82, 2.24) is 5.32 Å². The Morgan fingerprint density at radius 2 is 1.88 bits per heavy atom. The fourth-order valence-corrected chi connectivity index (χ4v) is 2.53. The molecule has 1 unspecified atom stereocenters. The maximum Gasteiger partial charge on any atom is 0.186 e. The van der Waals surface area contributed by atoms with Gasteiger partial charge < -0.3 is 9.87 Å². The van der Waals surface area contributed by atoms with Crippen LogP contribution in [0.4, 0.5) is 0 Å². The van der Waals surface area contributed by atoms with Gasteiger partial charge in [-0.15, -0.1) is 0 Å². The van der Waals surface area contributed by atoms with E-state index in [4.69, 9.17) is 4.55 Å². The second-order valence-corrected chi connectivity index (χ2v) is 5.26. The van der Waals surface area contributed by atoms with Crippen LogP contribution in [0, 0.1) is 5.92 Å². The molecule has 1 atom stereocenters. The van der Waals surface area contributed by atoms with Gasteiger partial charge in [0.1, 0.15) is 0 Å². The average molecular weight is 239 g/mol. The molecule has 1 heterocycles. The molecular formula is C12H17NO2S. The molecule has 0 radical (unpaired) electrons. The molecule has 0 amide bonds. The van der Waals surface area contributed by atoms with Gasteiger partial charge in [-0.25, -0.2) is 4.21 Å². The molecule has 1 saturated heterocycles. The third-order valence-corrected chi connectivity index (χ3v) is 3.78. The van der Waals surface area contributed by atoms with E-state index in [9.17, 15) is 4.21 Å². The minimum absolute atomic E-state index is 0.481. The molecule has 1 aliphatic heterocycles. The van der Waals surface area contributed by atoms with Crippen molar-refractivity contribution in [1.29, 1.82) is 0 Å². The van der Waals surface area contributed by atoms with Gasteiger partial charge in [0.05, 0.1) is 4.90 Å². The second-order valence-electron chi connectivity index (χ2n) is 4.29. The molecule has 3 nitrogen and oxygen atoms in total. The van der Waals surface area contributed by atoms with E-state index in [0.29, 0.717) is 4.90 Å². The standard InChI is InChI=1S/C12H17NO2S/c14-16(15)12-3-1-10(2-4-12)9-11-5-7-13-8-6-11/h1-4,11,13H,5-9H2,(H,14,15). The van der Waals surface area contributed by atoms with Crippen LogP contribution in [0.25, 0.3) is 0 Å². The van der Waals surface area contributed by atoms with Crippen molar-refractivity contribution in [2.75, 3.05) is 13.1 Å². The molecule has 0 aliphatic carbocycles. The second kappa shape index (κ2) is 5.57. The largest absolute Gasteiger partial charge is 0.317 e. The monoisotopic (exact) mass is 239 g/mol. The molecule has 0 spiro atoms. The lowest BCUT2D eigenvalue weighted by Gasteiger charge is -2.22. The number of piperidine rings is 1. The number of nitrogens with one attached hydrogen (secondary N) is 1. The van der Waals surface area contributed by atoms with Gasteiger partial charge in [-0.3, -0.25) is 0 Å². The molecule has 1 fully saturated rings. The van der Waals surface area contributed by atoms with Crippen molar-refractivity contribution in [3.8, 4) is 0 Å². The van der Waals surface area contributed by atoms with Gasteiger partial charge in [0.15, 0.2) is 11.1 Å². The van der Waals surface area contributed by atoms with Crippen molar-refractivity contribution in [2.45, 2.75) is 24.2 Å². The molecule has 88 valence electrons. The maximum absolute atomic E-state index is 10.8. The molecule has 0 aromatic heterocycles. The van der Waals surface area contributed by atoms with E-state index in [0.717, 1.165) is 25.4 Å². The van der Waals surface area contributed by atoms with Crippen LogP contribution < -0.4 is 5.32 Å². The fourth-order valence-electron chi connectivity index (χ4n) is 2.16. The van der Waals surface area contributed by atoms with Crippen LogP contribution in [-0.2, 0) is 17.5 Å². The lowest BCUT2D eigenvalue weighted by atomic mass is 9.91. The van der Waals surface area contributed by atoms with Crippen LogP contribution in [0.3, 0.4) is 0 Å². The van der Waals surface area contributed by atoms with E-state index in [-0.39, 0.29) is 0 Å². The number of hydrogen-bond acceptors (Lipinski definition) is 2. The minimum atomic E-state index is -1.85. The summed E-state index contributed by atoms with van der Waals surface area (Å²) < 4.78 is 19.7. The topological polar surface area (TPSA) is 49.3 Å². The van der Waals surface area contributed by atoms with Crippen LogP contribution in [0.1, 0.15) is 18.4 Å². The van der Waals surface area contributed by atoms with Crippen molar-refractivity contribution in [3.63, 3.8) is 0 Å². The predicted molar refractivity (Wildman–Crippen MR) is 64.8 cm³/mol. The molecule has 2 N–H and O–H groups in total. The molecule has 0 saturated carbocycles. The number of benzene rings is 1. The van der Waals surface area contributed by atoms with E-state index in [1.165, 1.54) is 18.4 Å².